The minimum absolute atomic E-state index is 0.0609. The Labute approximate surface area is 127 Å². The highest BCUT2D eigenvalue weighted by Gasteiger charge is 2.11. The summed E-state index contributed by atoms with van der Waals surface area (Å²) in [7, 11) is 0. The van der Waals surface area contributed by atoms with Crippen LogP contribution in [0.25, 0.3) is 11.3 Å². The van der Waals surface area contributed by atoms with Crippen LogP contribution in [-0.4, -0.2) is 11.2 Å². The first-order valence-electron chi connectivity index (χ1n) is 6.71. The third-order valence-electron chi connectivity index (χ3n) is 3.21. The number of hydrogen-bond donors (Lipinski definition) is 0. The molecule has 0 bridgehead atoms. The Hall–Kier alpha value is -1.55. The van der Waals surface area contributed by atoms with Crippen LogP contribution in [0.1, 0.15) is 19.4 Å². The normalized spacial score (nSPS) is 10.6. The summed E-state index contributed by atoms with van der Waals surface area (Å²) >= 11 is 3.56. The molecule has 1 heterocycles. The van der Waals surface area contributed by atoms with E-state index in [0.29, 0.717) is 13.2 Å². The summed E-state index contributed by atoms with van der Waals surface area (Å²) in [6, 6.07) is 9.69. The lowest BCUT2D eigenvalue weighted by Crippen LogP contribution is -2.22. The number of hydrogen-bond acceptors (Lipinski definition) is 2. The number of halogens is 1. The molecule has 0 aliphatic heterocycles. The van der Waals surface area contributed by atoms with Gasteiger partial charge in [0, 0.05) is 22.1 Å². The molecule has 0 N–H and O–H groups in total. The minimum atomic E-state index is 0.0609. The van der Waals surface area contributed by atoms with E-state index in [-0.39, 0.29) is 5.56 Å². The third kappa shape index (κ3) is 2.80. The van der Waals surface area contributed by atoms with Crippen LogP contribution >= 0.6 is 15.9 Å². The van der Waals surface area contributed by atoms with Crippen molar-refractivity contribution in [2.75, 3.05) is 6.61 Å². The van der Waals surface area contributed by atoms with E-state index >= 15 is 0 Å². The van der Waals surface area contributed by atoms with Crippen LogP contribution in [0.2, 0.25) is 0 Å². The Kier molecular flexibility index (Phi) is 4.65. The molecule has 0 radical (unpaired) electrons. The zero-order chi connectivity index (χ0) is 14.7. The number of nitrogens with zero attached hydrogens (tertiary/aromatic N) is 1. The van der Waals surface area contributed by atoms with Crippen molar-refractivity contribution < 1.29 is 4.74 Å². The Morgan fingerprint density at radius 3 is 2.55 bits per heavy atom. The van der Waals surface area contributed by atoms with Gasteiger partial charge in [-0.2, -0.15) is 0 Å². The average molecular weight is 336 g/mol. The first kappa shape index (κ1) is 14.9. The Bertz CT molecular complexity index is 677. The highest BCUT2D eigenvalue weighted by Crippen LogP contribution is 2.31. The summed E-state index contributed by atoms with van der Waals surface area (Å²) in [6.45, 7) is 7.06. The fraction of sp³-hybridized carbons (Fsp3) is 0.312. The molecule has 0 spiro atoms. The van der Waals surface area contributed by atoms with Gasteiger partial charge in [0.2, 0.25) is 0 Å². The van der Waals surface area contributed by atoms with Crippen LogP contribution < -0.4 is 10.3 Å². The summed E-state index contributed by atoms with van der Waals surface area (Å²) in [5, 5.41) is 0. The summed E-state index contributed by atoms with van der Waals surface area (Å²) in [5.74, 6) is 0.820. The highest BCUT2D eigenvalue weighted by atomic mass is 79.9. The van der Waals surface area contributed by atoms with Gasteiger partial charge in [-0.25, -0.2) is 0 Å². The van der Waals surface area contributed by atoms with Gasteiger partial charge in [-0.1, -0.05) is 6.07 Å². The standard InChI is InChI=1S/C16H18BrNO2/c1-4-18-15(9-6-11(3)16(18)19)13-8-7-12(20-5-2)10-14(13)17/h6-10H,4-5H2,1-3H3. The van der Waals surface area contributed by atoms with E-state index in [0.717, 1.165) is 27.0 Å². The summed E-state index contributed by atoms with van der Waals surface area (Å²) in [6.07, 6.45) is 0. The molecular formula is C16H18BrNO2. The maximum absolute atomic E-state index is 12.2. The SMILES string of the molecule is CCOc1ccc(-c2ccc(C)c(=O)n2CC)c(Br)c1. The molecule has 2 rings (SSSR count). The van der Waals surface area contributed by atoms with Crippen molar-refractivity contribution in [1.29, 1.82) is 0 Å². The first-order valence-corrected chi connectivity index (χ1v) is 7.51. The Balaban J connectivity index is 2.57. The van der Waals surface area contributed by atoms with E-state index in [1.807, 2.05) is 51.1 Å². The molecular weight excluding hydrogens is 318 g/mol. The molecule has 0 aliphatic carbocycles. The third-order valence-corrected chi connectivity index (χ3v) is 3.86. The van der Waals surface area contributed by atoms with Gasteiger partial charge in [0.15, 0.2) is 0 Å². The van der Waals surface area contributed by atoms with Gasteiger partial charge >= 0.3 is 0 Å². The zero-order valence-corrected chi connectivity index (χ0v) is 13.5. The number of aromatic nitrogens is 1. The Morgan fingerprint density at radius 1 is 1.20 bits per heavy atom. The second-order valence-corrected chi connectivity index (χ2v) is 5.38. The largest absolute Gasteiger partial charge is 0.494 e. The van der Waals surface area contributed by atoms with Gasteiger partial charge in [-0.05, 0) is 61.0 Å². The molecule has 3 nitrogen and oxygen atoms in total. The van der Waals surface area contributed by atoms with E-state index in [4.69, 9.17) is 4.74 Å². The van der Waals surface area contributed by atoms with Crippen LogP contribution in [0.4, 0.5) is 0 Å². The second kappa shape index (κ2) is 6.27. The van der Waals surface area contributed by atoms with Crippen molar-refractivity contribution in [3.05, 3.63) is 50.7 Å². The fourth-order valence-electron chi connectivity index (χ4n) is 2.20. The molecule has 0 atom stereocenters. The topological polar surface area (TPSA) is 31.2 Å². The number of rotatable bonds is 4. The van der Waals surface area contributed by atoms with Gasteiger partial charge in [-0.15, -0.1) is 0 Å². The molecule has 0 saturated carbocycles. The van der Waals surface area contributed by atoms with Crippen LogP contribution in [0.3, 0.4) is 0 Å². The van der Waals surface area contributed by atoms with E-state index in [9.17, 15) is 4.79 Å². The highest BCUT2D eigenvalue weighted by molar-refractivity contribution is 9.10. The van der Waals surface area contributed by atoms with E-state index in [2.05, 4.69) is 15.9 Å². The number of aryl methyl sites for hydroxylation is 1. The molecule has 106 valence electrons. The Morgan fingerprint density at radius 2 is 1.95 bits per heavy atom. The molecule has 1 aromatic heterocycles. The summed E-state index contributed by atoms with van der Waals surface area (Å²) in [4.78, 5) is 12.2. The fourth-order valence-corrected chi connectivity index (χ4v) is 2.76. The lowest BCUT2D eigenvalue weighted by atomic mass is 10.1. The molecule has 4 heteroatoms. The van der Waals surface area contributed by atoms with Gasteiger partial charge in [0.1, 0.15) is 5.75 Å². The van der Waals surface area contributed by atoms with Crippen LogP contribution in [-0.2, 0) is 6.54 Å². The van der Waals surface area contributed by atoms with Gasteiger partial charge in [-0.3, -0.25) is 4.79 Å². The minimum Gasteiger partial charge on any atom is -0.494 e. The van der Waals surface area contributed by atoms with Crippen LogP contribution in [0.15, 0.2) is 39.6 Å². The van der Waals surface area contributed by atoms with Crippen LogP contribution in [0, 0.1) is 6.92 Å². The summed E-state index contributed by atoms with van der Waals surface area (Å²) < 4.78 is 8.19. The molecule has 0 fully saturated rings. The van der Waals surface area contributed by atoms with E-state index in [1.54, 1.807) is 4.57 Å². The molecule has 0 aliphatic rings. The molecule has 2 aromatic rings. The van der Waals surface area contributed by atoms with Crippen molar-refractivity contribution in [1.82, 2.24) is 4.57 Å². The molecule has 20 heavy (non-hydrogen) atoms. The predicted molar refractivity (Wildman–Crippen MR) is 85.4 cm³/mol. The lowest BCUT2D eigenvalue weighted by molar-refractivity contribution is 0.340. The van der Waals surface area contributed by atoms with Crippen molar-refractivity contribution in [2.45, 2.75) is 27.3 Å². The van der Waals surface area contributed by atoms with E-state index in [1.165, 1.54) is 0 Å². The maximum atomic E-state index is 12.2. The van der Waals surface area contributed by atoms with Crippen molar-refractivity contribution in [3.8, 4) is 17.0 Å². The van der Waals surface area contributed by atoms with Crippen LogP contribution in [0.5, 0.6) is 5.75 Å². The zero-order valence-electron chi connectivity index (χ0n) is 11.9. The van der Waals surface area contributed by atoms with Crippen molar-refractivity contribution >= 4 is 15.9 Å². The number of ether oxygens (including phenoxy) is 1. The number of pyridine rings is 1. The van der Waals surface area contributed by atoms with Gasteiger partial charge in [0.05, 0.1) is 12.3 Å². The summed E-state index contributed by atoms with van der Waals surface area (Å²) in [5.41, 5.74) is 2.73. The maximum Gasteiger partial charge on any atom is 0.253 e. The molecule has 0 unspecified atom stereocenters. The molecule has 0 saturated heterocycles. The number of benzene rings is 1. The average Bonchev–Trinajstić information content (AvgIpc) is 2.43. The predicted octanol–water partition coefficient (Wildman–Crippen LogP) is 4.00. The molecule has 0 amide bonds. The van der Waals surface area contributed by atoms with Crippen molar-refractivity contribution in [3.63, 3.8) is 0 Å². The monoisotopic (exact) mass is 335 g/mol. The van der Waals surface area contributed by atoms with Crippen molar-refractivity contribution in [2.24, 2.45) is 0 Å². The quantitative estimate of drug-likeness (QED) is 0.845. The van der Waals surface area contributed by atoms with Gasteiger partial charge < -0.3 is 9.30 Å². The molecule has 1 aromatic carbocycles. The second-order valence-electron chi connectivity index (χ2n) is 4.53. The smallest absolute Gasteiger partial charge is 0.253 e. The van der Waals surface area contributed by atoms with E-state index < -0.39 is 0 Å². The lowest BCUT2D eigenvalue weighted by Gasteiger charge is -2.14. The first-order chi connectivity index (χ1) is 9.58. The van der Waals surface area contributed by atoms with Gasteiger partial charge in [0.25, 0.3) is 5.56 Å².